The molecule has 34 heavy (non-hydrogen) atoms. The zero-order valence-electron chi connectivity index (χ0n) is 20.9. The van der Waals surface area contributed by atoms with Gasteiger partial charge in [0.2, 0.25) is 5.43 Å². The number of hydrogen-bond donors (Lipinski definition) is 2. The summed E-state index contributed by atoms with van der Waals surface area (Å²) in [5, 5.41) is 11.6. The van der Waals surface area contributed by atoms with Gasteiger partial charge in [-0.25, -0.2) is 13.6 Å². The van der Waals surface area contributed by atoms with Crippen molar-refractivity contribution in [3.8, 4) is 11.8 Å². The second-order valence-corrected chi connectivity index (χ2v) is 7.20. The van der Waals surface area contributed by atoms with Gasteiger partial charge in [0.15, 0.2) is 11.6 Å². The van der Waals surface area contributed by atoms with Crippen molar-refractivity contribution in [3.05, 3.63) is 45.2 Å². The van der Waals surface area contributed by atoms with Gasteiger partial charge in [0, 0.05) is 18.8 Å². The minimum absolute atomic E-state index is 0.0311. The average molecular weight is 479 g/mol. The summed E-state index contributed by atoms with van der Waals surface area (Å²) in [5.41, 5.74) is -0.799. The van der Waals surface area contributed by atoms with Crippen LogP contribution >= 0.6 is 0 Å². The van der Waals surface area contributed by atoms with E-state index in [1.54, 1.807) is 11.5 Å². The zero-order valence-corrected chi connectivity index (χ0v) is 20.9. The first kappa shape index (κ1) is 29.3. The number of esters is 1. The molecule has 0 spiro atoms. The van der Waals surface area contributed by atoms with Crippen LogP contribution in [0.3, 0.4) is 0 Å². The first-order valence-electron chi connectivity index (χ1n) is 11.9. The van der Waals surface area contributed by atoms with Crippen LogP contribution in [0, 0.1) is 23.5 Å². The van der Waals surface area contributed by atoms with Crippen LogP contribution in [-0.4, -0.2) is 41.4 Å². The van der Waals surface area contributed by atoms with Crippen molar-refractivity contribution >= 4 is 16.9 Å². The van der Waals surface area contributed by atoms with Crippen LogP contribution in [0.2, 0.25) is 0 Å². The molecule has 2 aliphatic rings. The molecule has 4 rings (SSSR count). The van der Waals surface area contributed by atoms with Crippen LogP contribution in [0.1, 0.15) is 82.8 Å². The number of β-amino-alcohol motifs (C(OH)–C–C–N with tert-alkyl or cyclic N) is 1. The van der Waals surface area contributed by atoms with E-state index in [2.05, 4.69) is 17.2 Å². The molecular formula is C26H36F2N2O4. The molecule has 0 bridgehead atoms. The molecule has 8 heteroatoms. The van der Waals surface area contributed by atoms with E-state index >= 15 is 0 Å². The fourth-order valence-electron chi connectivity index (χ4n) is 3.34. The molecule has 188 valence electrons. The number of rotatable bonds is 3. The summed E-state index contributed by atoms with van der Waals surface area (Å²) in [6.45, 7) is 13.0. The van der Waals surface area contributed by atoms with E-state index < -0.39 is 23.0 Å². The van der Waals surface area contributed by atoms with E-state index in [1.165, 1.54) is 13.1 Å². The minimum Gasteiger partial charge on any atom is -0.462 e. The highest BCUT2D eigenvalue weighted by molar-refractivity contribution is 5.95. The predicted molar refractivity (Wildman–Crippen MR) is 131 cm³/mol. The fraction of sp³-hybridized carbons (Fsp3) is 0.538. The summed E-state index contributed by atoms with van der Waals surface area (Å²) in [6, 6.07) is 0.860. The second kappa shape index (κ2) is 14.5. The van der Waals surface area contributed by atoms with Gasteiger partial charge >= 0.3 is 5.97 Å². The summed E-state index contributed by atoms with van der Waals surface area (Å²) in [7, 11) is 0. The number of hydrogen-bond acceptors (Lipinski definition) is 5. The maximum absolute atomic E-state index is 14.2. The van der Waals surface area contributed by atoms with Gasteiger partial charge in [0.25, 0.3) is 0 Å². The SMILES string of the molecule is CC.CC.CC#Cc1c(F)c(F)cc2c(=O)c(C(=O)OCC)cn(C3CC3)c12.OC1CCNC1. The summed E-state index contributed by atoms with van der Waals surface area (Å²) >= 11 is 0. The number of nitrogens with one attached hydrogen (secondary N) is 1. The number of ether oxygens (including phenoxy) is 1. The molecule has 2 heterocycles. The van der Waals surface area contributed by atoms with Crippen LogP contribution in [0.15, 0.2) is 17.1 Å². The fourth-order valence-corrected chi connectivity index (χ4v) is 3.34. The highest BCUT2D eigenvalue weighted by Gasteiger charge is 2.29. The molecule has 1 unspecified atom stereocenters. The number of carbonyl (C=O) groups is 1. The monoisotopic (exact) mass is 478 g/mol. The van der Waals surface area contributed by atoms with Gasteiger partial charge in [-0.05, 0) is 45.7 Å². The van der Waals surface area contributed by atoms with Crippen LogP contribution in [0.4, 0.5) is 8.78 Å². The van der Waals surface area contributed by atoms with Crippen LogP contribution in [0.25, 0.3) is 10.9 Å². The van der Waals surface area contributed by atoms with Crippen molar-refractivity contribution in [2.24, 2.45) is 0 Å². The quantitative estimate of drug-likeness (QED) is 0.500. The number of nitrogens with zero attached hydrogens (tertiary/aromatic N) is 1. The van der Waals surface area contributed by atoms with Crippen molar-refractivity contribution in [1.82, 2.24) is 9.88 Å². The second-order valence-electron chi connectivity index (χ2n) is 7.20. The maximum Gasteiger partial charge on any atom is 0.343 e. The normalized spacial score (nSPS) is 16.0. The lowest BCUT2D eigenvalue weighted by Gasteiger charge is -2.14. The standard InChI is InChI=1S/C18H15F2NO3.C4H9NO.2C2H6/c1-3-5-11-15(20)14(19)8-12-16(11)21(10-6-7-10)9-13(17(12)22)18(23)24-4-2;6-4-1-2-5-3-4;2*1-2/h8-10H,4,6-7H2,1-2H3;4-6H,1-3H2;2*1-2H3. The molecule has 1 aliphatic heterocycles. The molecule has 2 N–H and O–H groups in total. The number of carbonyl (C=O) groups excluding carboxylic acids is 1. The first-order valence-corrected chi connectivity index (χ1v) is 11.9. The van der Waals surface area contributed by atoms with Crippen LogP contribution in [-0.2, 0) is 4.74 Å². The van der Waals surface area contributed by atoms with Crippen LogP contribution < -0.4 is 10.7 Å². The van der Waals surface area contributed by atoms with E-state index in [0.29, 0.717) is 0 Å². The van der Waals surface area contributed by atoms with Crippen LogP contribution in [0.5, 0.6) is 0 Å². The van der Waals surface area contributed by atoms with Gasteiger partial charge in [0.1, 0.15) is 5.56 Å². The third kappa shape index (κ3) is 7.12. The van der Waals surface area contributed by atoms with Gasteiger partial charge in [-0.1, -0.05) is 33.6 Å². The molecule has 6 nitrogen and oxygen atoms in total. The molecule has 1 saturated heterocycles. The molecule has 1 atom stereocenters. The summed E-state index contributed by atoms with van der Waals surface area (Å²) < 4.78 is 34.7. The topological polar surface area (TPSA) is 80.6 Å². The molecular weight excluding hydrogens is 442 g/mol. The van der Waals surface area contributed by atoms with E-state index in [4.69, 9.17) is 9.84 Å². The summed E-state index contributed by atoms with van der Waals surface area (Å²) in [6.07, 6.45) is 3.90. The van der Waals surface area contributed by atoms with E-state index in [9.17, 15) is 18.4 Å². The molecule has 1 aromatic heterocycles. The Kier molecular flexibility index (Phi) is 12.5. The highest BCUT2D eigenvalue weighted by atomic mass is 19.2. The number of halogens is 2. The van der Waals surface area contributed by atoms with E-state index in [1.807, 2.05) is 27.7 Å². The lowest BCUT2D eigenvalue weighted by Crippen LogP contribution is -2.22. The number of aromatic nitrogens is 1. The Bertz CT molecular complexity index is 1080. The molecule has 0 amide bonds. The molecule has 1 aromatic carbocycles. The number of aliphatic hydroxyl groups excluding tert-OH is 1. The zero-order chi connectivity index (χ0) is 25.8. The largest absolute Gasteiger partial charge is 0.462 e. The number of benzene rings is 1. The van der Waals surface area contributed by atoms with Crippen molar-refractivity contribution in [3.63, 3.8) is 0 Å². The van der Waals surface area contributed by atoms with Crippen molar-refractivity contribution < 1.29 is 23.4 Å². The lowest BCUT2D eigenvalue weighted by atomic mass is 10.1. The molecule has 1 aliphatic carbocycles. The Morgan fingerprint density at radius 1 is 1.24 bits per heavy atom. The third-order valence-corrected chi connectivity index (χ3v) is 4.93. The Morgan fingerprint density at radius 3 is 2.32 bits per heavy atom. The predicted octanol–water partition coefficient (Wildman–Crippen LogP) is 4.56. The lowest BCUT2D eigenvalue weighted by molar-refractivity contribution is 0.0524. The van der Waals surface area contributed by atoms with Gasteiger partial charge in [-0.2, -0.15) is 0 Å². The third-order valence-electron chi connectivity index (χ3n) is 4.93. The summed E-state index contributed by atoms with van der Waals surface area (Å²) in [4.78, 5) is 24.6. The molecule has 0 radical (unpaired) electrons. The van der Waals surface area contributed by atoms with Gasteiger partial charge in [0.05, 0.1) is 29.2 Å². The van der Waals surface area contributed by atoms with Gasteiger partial charge in [-0.15, -0.1) is 5.92 Å². The highest BCUT2D eigenvalue weighted by Crippen LogP contribution is 2.38. The molecule has 2 fully saturated rings. The van der Waals surface area contributed by atoms with E-state index in [-0.39, 0.29) is 40.8 Å². The first-order chi connectivity index (χ1) is 16.4. The number of aliphatic hydroxyl groups is 1. The Hall–Kier alpha value is -2.76. The number of fused-ring (bicyclic) bond motifs is 1. The molecule has 2 aromatic rings. The van der Waals surface area contributed by atoms with Crippen molar-refractivity contribution in [1.29, 1.82) is 0 Å². The van der Waals surface area contributed by atoms with Crippen molar-refractivity contribution in [2.45, 2.75) is 73.0 Å². The van der Waals surface area contributed by atoms with E-state index in [0.717, 1.165) is 38.4 Å². The van der Waals surface area contributed by atoms with Crippen molar-refractivity contribution in [2.75, 3.05) is 19.7 Å². The maximum atomic E-state index is 14.2. The van der Waals surface area contributed by atoms with Gasteiger partial charge in [-0.3, -0.25) is 4.79 Å². The van der Waals surface area contributed by atoms with Gasteiger partial charge < -0.3 is 19.7 Å². The Labute approximate surface area is 200 Å². The minimum atomic E-state index is -1.17. The Morgan fingerprint density at radius 2 is 1.88 bits per heavy atom. The Balaban J connectivity index is 0.000000489. The number of pyridine rings is 1. The molecule has 1 saturated carbocycles. The smallest absolute Gasteiger partial charge is 0.343 e. The summed E-state index contributed by atoms with van der Waals surface area (Å²) in [5.74, 6) is 2.06. The average Bonchev–Trinajstić information content (AvgIpc) is 3.58.